The van der Waals surface area contributed by atoms with E-state index in [1.54, 1.807) is 11.3 Å². The zero-order valence-corrected chi connectivity index (χ0v) is 17.0. The fraction of sp³-hybridized carbons (Fsp3) is 0.0455. The first-order chi connectivity index (χ1) is 13.9. The van der Waals surface area contributed by atoms with Gasteiger partial charge in [-0.05, 0) is 48.9 Å². The van der Waals surface area contributed by atoms with Crippen molar-refractivity contribution < 1.29 is 9.59 Å². The standard InChI is InChI=1S/C22H16ClN3O2S/c1-12-6-7-14(22-26-17-4-2-3-5-19(17)29-22)11-18(12)25-21(28)15-10-13(20(24)27)8-9-16(15)23/h2-11H,1H3,(H2,24,27)(H,25,28). The van der Waals surface area contributed by atoms with Crippen molar-refractivity contribution in [3.63, 3.8) is 0 Å². The van der Waals surface area contributed by atoms with Crippen LogP contribution in [-0.2, 0) is 0 Å². The molecule has 4 aromatic rings. The normalized spacial score (nSPS) is 10.8. The number of carbonyl (C=O) groups excluding carboxylic acids is 2. The van der Waals surface area contributed by atoms with Crippen LogP contribution in [0.3, 0.4) is 0 Å². The predicted octanol–water partition coefficient (Wildman–Crippen LogP) is 5.28. The number of anilines is 1. The van der Waals surface area contributed by atoms with Crippen LogP contribution in [0.2, 0.25) is 5.02 Å². The molecule has 0 saturated carbocycles. The third kappa shape index (κ3) is 3.85. The number of para-hydroxylation sites is 1. The Balaban J connectivity index is 1.67. The zero-order chi connectivity index (χ0) is 20.5. The molecular formula is C22H16ClN3O2S. The van der Waals surface area contributed by atoms with Crippen LogP contribution in [-0.4, -0.2) is 16.8 Å². The maximum atomic E-state index is 12.8. The molecule has 3 aromatic carbocycles. The Kier molecular flexibility index (Phi) is 5.05. The summed E-state index contributed by atoms with van der Waals surface area (Å²) in [5.41, 5.74) is 9.10. The molecule has 1 aromatic heterocycles. The summed E-state index contributed by atoms with van der Waals surface area (Å²) in [7, 11) is 0. The average molecular weight is 422 g/mol. The fourth-order valence-electron chi connectivity index (χ4n) is 2.93. The minimum Gasteiger partial charge on any atom is -0.366 e. The number of carbonyl (C=O) groups is 2. The SMILES string of the molecule is Cc1ccc(-c2nc3ccccc3s2)cc1NC(=O)c1cc(C(N)=O)ccc1Cl. The van der Waals surface area contributed by atoms with Gasteiger partial charge in [-0.15, -0.1) is 11.3 Å². The number of aryl methyl sites for hydroxylation is 1. The van der Waals surface area contributed by atoms with Gasteiger partial charge in [-0.3, -0.25) is 9.59 Å². The number of nitrogens with two attached hydrogens (primary N) is 1. The summed E-state index contributed by atoms with van der Waals surface area (Å²) in [4.78, 5) is 28.9. The van der Waals surface area contributed by atoms with Gasteiger partial charge in [0.15, 0.2) is 0 Å². The largest absolute Gasteiger partial charge is 0.366 e. The maximum Gasteiger partial charge on any atom is 0.257 e. The monoisotopic (exact) mass is 421 g/mol. The lowest BCUT2D eigenvalue weighted by Crippen LogP contribution is -2.16. The number of thiazole rings is 1. The first-order valence-electron chi connectivity index (χ1n) is 8.79. The van der Waals surface area contributed by atoms with Crippen molar-refractivity contribution in [3.8, 4) is 10.6 Å². The first kappa shape index (κ1) is 19.1. The van der Waals surface area contributed by atoms with Crippen LogP contribution in [0.25, 0.3) is 20.8 Å². The summed E-state index contributed by atoms with van der Waals surface area (Å²) >= 11 is 7.74. The molecule has 0 bridgehead atoms. The van der Waals surface area contributed by atoms with Crippen molar-refractivity contribution in [2.75, 3.05) is 5.32 Å². The molecule has 0 atom stereocenters. The molecule has 0 fully saturated rings. The highest BCUT2D eigenvalue weighted by molar-refractivity contribution is 7.21. The van der Waals surface area contributed by atoms with Gasteiger partial charge in [0.05, 0.1) is 20.8 Å². The number of primary amides is 1. The van der Waals surface area contributed by atoms with E-state index in [4.69, 9.17) is 17.3 Å². The molecule has 0 aliphatic heterocycles. The number of hydrogen-bond acceptors (Lipinski definition) is 4. The molecule has 1 heterocycles. The summed E-state index contributed by atoms with van der Waals surface area (Å²) in [5.74, 6) is -1.03. The molecule has 2 amide bonds. The molecular weight excluding hydrogens is 406 g/mol. The molecule has 0 unspecified atom stereocenters. The molecule has 4 rings (SSSR count). The van der Waals surface area contributed by atoms with E-state index in [1.165, 1.54) is 18.2 Å². The average Bonchev–Trinajstić information content (AvgIpc) is 3.14. The van der Waals surface area contributed by atoms with E-state index in [9.17, 15) is 9.59 Å². The molecule has 7 heteroatoms. The molecule has 3 N–H and O–H groups in total. The van der Waals surface area contributed by atoms with Crippen molar-refractivity contribution in [3.05, 3.63) is 82.4 Å². The van der Waals surface area contributed by atoms with Crippen LogP contribution in [0.1, 0.15) is 26.3 Å². The van der Waals surface area contributed by atoms with Gasteiger partial charge in [-0.25, -0.2) is 4.98 Å². The molecule has 29 heavy (non-hydrogen) atoms. The Labute approximate surface area is 176 Å². The molecule has 0 aliphatic carbocycles. The molecule has 5 nitrogen and oxygen atoms in total. The van der Waals surface area contributed by atoms with Crippen molar-refractivity contribution in [2.24, 2.45) is 5.73 Å². The van der Waals surface area contributed by atoms with Gasteiger partial charge >= 0.3 is 0 Å². The summed E-state index contributed by atoms with van der Waals surface area (Å²) in [6.45, 7) is 1.90. The quantitative estimate of drug-likeness (QED) is 0.470. The summed E-state index contributed by atoms with van der Waals surface area (Å²) in [6, 6.07) is 18.1. The summed E-state index contributed by atoms with van der Waals surface area (Å²) < 4.78 is 1.10. The number of benzene rings is 3. The van der Waals surface area contributed by atoms with Crippen molar-refractivity contribution >= 4 is 50.7 Å². The van der Waals surface area contributed by atoms with Crippen molar-refractivity contribution in [2.45, 2.75) is 6.92 Å². The van der Waals surface area contributed by atoms with Crippen LogP contribution in [0.15, 0.2) is 60.7 Å². The highest BCUT2D eigenvalue weighted by atomic mass is 35.5. The minimum absolute atomic E-state index is 0.188. The van der Waals surface area contributed by atoms with Crippen LogP contribution in [0, 0.1) is 6.92 Å². The highest BCUT2D eigenvalue weighted by Gasteiger charge is 2.15. The van der Waals surface area contributed by atoms with Crippen LogP contribution in [0.5, 0.6) is 0 Å². The van der Waals surface area contributed by atoms with E-state index in [0.717, 1.165) is 26.4 Å². The van der Waals surface area contributed by atoms with E-state index in [1.807, 2.05) is 49.4 Å². The Morgan fingerprint density at radius 1 is 1.07 bits per heavy atom. The second-order valence-corrected chi connectivity index (χ2v) is 7.97. The maximum absolute atomic E-state index is 12.8. The van der Waals surface area contributed by atoms with Gasteiger partial charge in [-0.1, -0.05) is 35.9 Å². The van der Waals surface area contributed by atoms with Gasteiger partial charge in [-0.2, -0.15) is 0 Å². The molecule has 0 aliphatic rings. The second kappa shape index (κ2) is 7.66. The summed E-state index contributed by atoms with van der Waals surface area (Å²) in [5, 5.41) is 3.99. The number of aromatic nitrogens is 1. The smallest absolute Gasteiger partial charge is 0.257 e. The molecule has 144 valence electrons. The number of halogens is 1. The van der Waals surface area contributed by atoms with Crippen LogP contribution in [0.4, 0.5) is 5.69 Å². The highest BCUT2D eigenvalue weighted by Crippen LogP contribution is 2.32. The summed E-state index contributed by atoms with van der Waals surface area (Å²) in [6.07, 6.45) is 0. The number of fused-ring (bicyclic) bond motifs is 1. The van der Waals surface area contributed by atoms with E-state index >= 15 is 0 Å². The lowest BCUT2D eigenvalue weighted by molar-refractivity contribution is 0.1000. The van der Waals surface area contributed by atoms with Gasteiger partial charge in [0.2, 0.25) is 5.91 Å². The van der Waals surface area contributed by atoms with E-state index in [0.29, 0.717) is 5.69 Å². The third-order valence-electron chi connectivity index (χ3n) is 4.52. The number of hydrogen-bond donors (Lipinski definition) is 2. The lowest BCUT2D eigenvalue weighted by atomic mass is 10.1. The van der Waals surface area contributed by atoms with Crippen LogP contribution < -0.4 is 11.1 Å². The van der Waals surface area contributed by atoms with E-state index in [2.05, 4.69) is 10.3 Å². The van der Waals surface area contributed by atoms with E-state index < -0.39 is 11.8 Å². The first-order valence-corrected chi connectivity index (χ1v) is 9.99. The van der Waals surface area contributed by atoms with Crippen molar-refractivity contribution in [1.82, 2.24) is 4.98 Å². The van der Waals surface area contributed by atoms with Gasteiger partial charge in [0, 0.05) is 16.8 Å². The second-order valence-electron chi connectivity index (χ2n) is 6.53. The van der Waals surface area contributed by atoms with E-state index in [-0.39, 0.29) is 16.1 Å². The Bertz CT molecular complexity index is 1230. The van der Waals surface area contributed by atoms with Gasteiger partial charge in [0.1, 0.15) is 5.01 Å². The molecule has 0 saturated heterocycles. The Morgan fingerprint density at radius 2 is 1.86 bits per heavy atom. The zero-order valence-electron chi connectivity index (χ0n) is 15.4. The van der Waals surface area contributed by atoms with Crippen LogP contribution >= 0.6 is 22.9 Å². The number of nitrogens with one attached hydrogen (secondary N) is 1. The molecule has 0 spiro atoms. The molecule has 0 radical (unpaired) electrons. The van der Waals surface area contributed by atoms with Gasteiger partial charge < -0.3 is 11.1 Å². The lowest BCUT2D eigenvalue weighted by Gasteiger charge is -2.11. The fourth-order valence-corrected chi connectivity index (χ4v) is 4.09. The predicted molar refractivity (Wildman–Crippen MR) is 118 cm³/mol. The third-order valence-corrected chi connectivity index (χ3v) is 5.94. The minimum atomic E-state index is -0.621. The van der Waals surface area contributed by atoms with Crippen molar-refractivity contribution in [1.29, 1.82) is 0 Å². The topological polar surface area (TPSA) is 85.1 Å². The number of rotatable bonds is 4. The van der Waals surface area contributed by atoms with Gasteiger partial charge in [0.25, 0.3) is 5.91 Å². The number of amides is 2. The number of nitrogens with zero attached hydrogens (tertiary/aromatic N) is 1. The Hall–Kier alpha value is -3.22. The Morgan fingerprint density at radius 3 is 2.62 bits per heavy atom.